The summed E-state index contributed by atoms with van der Waals surface area (Å²) in [5.74, 6) is -0.989. The Kier molecular flexibility index (Phi) is 6.11. The van der Waals surface area contributed by atoms with Crippen molar-refractivity contribution in [2.24, 2.45) is 5.92 Å². The lowest BCUT2D eigenvalue weighted by molar-refractivity contribution is -0.137. The zero-order valence-corrected chi connectivity index (χ0v) is 11.1. The fourth-order valence-electron chi connectivity index (χ4n) is 1.97. The highest BCUT2D eigenvalue weighted by Gasteiger charge is 2.18. The third-order valence-electron chi connectivity index (χ3n) is 3.14. The molecular formula is C12H21N3O4. The van der Waals surface area contributed by atoms with Gasteiger partial charge in [0.05, 0.1) is 6.54 Å². The fraction of sp³-hybridized carbons (Fsp3) is 0.750. The van der Waals surface area contributed by atoms with Crippen LogP contribution >= 0.6 is 0 Å². The smallest absolute Gasteiger partial charge is 0.322 e. The Morgan fingerprint density at radius 1 is 1.16 bits per heavy atom. The van der Waals surface area contributed by atoms with E-state index in [2.05, 4.69) is 17.6 Å². The van der Waals surface area contributed by atoms with Crippen molar-refractivity contribution >= 4 is 17.9 Å². The molecule has 19 heavy (non-hydrogen) atoms. The maximum absolute atomic E-state index is 11.8. The Labute approximate surface area is 112 Å². The molecule has 0 aliphatic carbocycles. The first kappa shape index (κ1) is 15.3. The molecule has 7 heteroatoms. The summed E-state index contributed by atoms with van der Waals surface area (Å²) in [5, 5.41) is 13.1. The first-order valence-corrected chi connectivity index (χ1v) is 6.50. The van der Waals surface area contributed by atoms with E-state index in [1.807, 2.05) is 0 Å². The van der Waals surface area contributed by atoms with Crippen molar-refractivity contribution in [1.82, 2.24) is 15.5 Å². The van der Waals surface area contributed by atoms with E-state index in [0.29, 0.717) is 19.0 Å². The molecule has 0 spiro atoms. The maximum Gasteiger partial charge on any atom is 0.322 e. The predicted octanol–water partition coefficient (Wildman–Crippen LogP) is 0.0188. The van der Waals surface area contributed by atoms with Gasteiger partial charge in [-0.3, -0.25) is 9.59 Å². The lowest BCUT2D eigenvalue weighted by atomic mass is 10.0. The average molecular weight is 271 g/mol. The Morgan fingerprint density at radius 2 is 1.89 bits per heavy atom. The second-order valence-corrected chi connectivity index (χ2v) is 4.85. The molecule has 1 rings (SSSR count). The van der Waals surface area contributed by atoms with Gasteiger partial charge in [0.15, 0.2) is 0 Å². The summed E-state index contributed by atoms with van der Waals surface area (Å²) in [7, 11) is 0. The number of rotatable bonds is 4. The first-order valence-electron chi connectivity index (χ1n) is 6.50. The molecular weight excluding hydrogens is 250 g/mol. The summed E-state index contributed by atoms with van der Waals surface area (Å²) in [6.45, 7) is 2.94. The second-order valence-electron chi connectivity index (χ2n) is 4.85. The van der Waals surface area contributed by atoms with E-state index in [0.717, 1.165) is 19.3 Å². The van der Waals surface area contributed by atoms with E-state index in [4.69, 9.17) is 5.11 Å². The molecule has 3 amide bonds. The van der Waals surface area contributed by atoms with Gasteiger partial charge in [0, 0.05) is 13.1 Å². The van der Waals surface area contributed by atoms with Crippen molar-refractivity contribution in [1.29, 1.82) is 0 Å². The van der Waals surface area contributed by atoms with Gasteiger partial charge in [-0.05, 0) is 25.2 Å². The molecule has 1 heterocycles. The normalized spacial score (nSPS) is 19.4. The molecule has 1 aliphatic rings. The second kappa shape index (κ2) is 7.60. The van der Waals surface area contributed by atoms with Crippen LogP contribution in [0.15, 0.2) is 0 Å². The van der Waals surface area contributed by atoms with Crippen LogP contribution in [0.1, 0.15) is 26.2 Å². The molecule has 0 aromatic rings. The molecule has 0 radical (unpaired) electrons. The van der Waals surface area contributed by atoms with E-state index in [-0.39, 0.29) is 12.6 Å². The first-order chi connectivity index (χ1) is 8.99. The highest BCUT2D eigenvalue weighted by molar-refractivity contribution is 5.86. The number of hydrogen-bond acceptors (Lipinski definition) is 3. The number of likely N-dealkylation sites (tertiary alicyclic amines) is 1. The van der Waals surface area contributed by atoms with Crippen molar-refractivity contribution in [2.75, 3.05) is 26.2 Å². The molecule has 1 saturated heterocycles. The fourth-order valence-corrected chi connectivity index (χ4v) is 1.97. The van der Waals surface area contributed by atoms with Crippen molar-refractivity contribution in [2.45, 2.75) is 26.2 Å². The summed E-state index contributed by atoms with van der Waals surface area (Å²) >= 11 is 0. The molecule has 1 unspecified atom stereocenters. The Balaban J connectivity index is 2.26. The maximum atomic E-state index is 11.8. The number of amides is 3. The number of carbonyl (C=O) groups is 3. The van der Waals surface area contributed by atoms with E-state index in [1.165, 1.54) is 0 Å². The molecule has 3 N–H and O–H groups in total. The van der Waals surface area contributed by atoms with E-state index < -0.39 is 18.4 Å². The van der Waals surface area contributed by atoms with Gasteiger partial charge >= 0.3 is 12.0 Å². The largest absolute Gasteiger partial charge is 0.480 e. The highest BCUT2D eigenvalue weighted by atomic mass is 16.4. The van der Waals surface area contributed by atoms with Crippen LogP contribution in [0, 0.1) is 5.92 Å². The number of urea groups is 1. The molecule has 108 valence electrons. The molecule has 1 aliphatic heterocycles. The Morgan fingerprint density at radius 3 is 2.58 bits per heavy atom. The molecule has 0 aromatic heterocycles. The summed E-state index contributed by atoms with van der Waals surface area (Å²) in [6, 6.07) is -0.264. The SMILES string of the molecule is CC1CCCN(C(=O)NCC(=O)NCC(=O)O)CC1. The molecule has 7 nitrogen and oxygen atoms in total. The molecule has 0 bridgehead atoms. The molecule has 1 atom stereocenters. The molecule has 0 saturated carbocycles. The van der Waals surface area contributed by atoms with E-state index in [1.54, 1.807) is 4.90 Å². The quantitative estimate of drug-likeness (QED) is 0.671. The summed E-state index contributed by atoms with van der Waals surface area (Å²) in [5.41, 5.74) is 0. The monoisotopic (exact) mass is 271 g/mol. The zero-order chi connectivity index (χ0) is 14.3. The minimum absolute atomic E-state index is 0.196. The van der Waals surface area contributed by atoms with E-state index >= 15 is 0 Å². The summed E-state index contributed by atoms with van der Waals surface area (Å²) in [6.07, 6.45) is 3.06. The zero-order valence-electron chi connectivity index (χ0n) is 11.1. The van der Waals surface area contributed by atoms with Gasteiger partial charge in [0.1, 0.15) is 6.54 Å². The van der Waals surface area contributed by atoms with Gasteiger partial charge in [0.25, 0.3) is 0 Å². The highest BCUT2D eigenvalue weighted by Crippen LogP contribution is 2.16. The van der Waals surface area contributed by atoms with Crippen LogP contribution in [-0.2, 0) is 9.59 Å². The van der Waals surface area contributed by atoms with Gasteiger partial charge in [-0.1, -0.05) is 6.92 Å². The molecule has 1 fully saturated rings. The predicted molar refractivity (Wildman–Crippen MR) is 68.6 cm³/mol. The van der Waals surface area contributed by atoms with Crippen LogP contribution in [0.5, 0.6) is 0 Å². The number of hydrogen-bond donors (Lipinski definition) is 3. The number of carboxylic acid groups (broad SMARTS) is 1. The van der Waals surface area contributed by atoms with Crippen LogP contribution in [-0.4, -0.2) is 54.1 Å². The van der Waals surface area contributed by atoms with Crippen LogP contribution < -0.4 is 10.6 Å². The number of nitrogens with one attached hydrogen (secondary N) is 2. The van der Waals surface area contributed by atoms with Gasteiger partial charge in [-0.25, -0.2) is 4.79 Å². The van der Waals surface area contributed by atoms with Crippen molar-refractivity contribution < 1.29 is 19.5 Å². The minimum atomic E-state index is -1.11. The number of aliphatic carboxylic acids is 1. The van der Waals surface area contributed by atoms with Gasteiger partial charge < -0.3 is 20.6 Å². The number of carboxylic acids is 1. The van der Waals surface area contributed by atoms with Crippen molar-refractivity contribution in [3.63, 3.8) is 0 Å². The average Bonchev–Trinajstić information content (AvgIpc) is 2.58. The minimum Gasteiger partial charge on any atom is -0.480 e. The van der Waals surface area contributed by atoms with Crippen LogP contribution in [0.25, 0.3) is 0 Å². The summed E-state index contributed by atoms with van der Waals surface area (Å²) in [4.78, 5) is 35.0. The van der Waals surface area contributed by atoms with Gasteiger partial charge in [-0.15, -0.1) is 0 Å². The van der Waals surface area contributed by atoms with E-state index in [9.17, 15) is 14.4 Å². The number of carbonyl (C=O) groups excluding carboxylic acids is 2. The third-order valence-corrected chi connectivity index (χ3v) is 3.14. The van der Waals surface area contributed by atoms with Crippen LogP contribution in [0.3, 0.4) is 0 Å². The molecule has 0 aromatic carbocycles. The topological polar surface area (TPSA) is 98.7 Å². The Bertz CT molecular complexity index is 346. The number of nitrogens with zero attached hydrogens (tertiary/aromatic N) is 1. The lowest BCUT2D eigenvalue weighted by Crippen LogP contribution is -2.45. The summed E-state index contributed by atoms with van der Waals surface area (Å²) < 4.78 is 0. The lowest BCUT2D eigenvalue weighted by Gasteiger charge is -2.20. The van der Waals surface area contributed by atoms with Crippen LogP contribution in [0.4, 0.5) is 4.79 Å². The van der Waals surface area contributed by atoms with Gasteiger partial charge in [0.2, 0.25) is 5.91 Å². The van der Waals surface area contributed by atoms with Crippen molar-refractivity contribution in [3.05, 3.63) is 0 Å². The van der Waals surface area contributed by atoms with Crippen LogP contribution in [0.2, 0.25) is 0 Å². The standard InChI is InChI=1S/C12H21N3O4/c1-9-3-2-5-15(6-4-9)12(19)14-7-10(16)13-8-11(17)18/h9H,2-8H2,1H3,(H,13,16)(H,14,19)(H,17,18). The Hall–Kier alpha value is -1.79. The van der Waals surface area contributed by atoms with Crippen molar-refractivity contribution in [3.8, 4) is 0 Å². The third kappa shape index (κ3) is 6.08. The van der Waals surface area contributed by atoms with Gasteiger partial charge in [-0.2, -0.15) is 0 Å².